The Morgan fingerprint density at radius 2 is 1.89 bits per heavy atom. The van der Waals surface area contributed by atoms with Crippen molar-refractivity contribution >= 4 is 29.2 Å². The van der Waals surface area contributed by atoms with Crippen molar-refractivity contribution in [1.29, 1.82) is 0 Å². The van der Waals surface area contributed by atoms with Gasteiger partial charge in [0, 0.05) is 29.7 Å². The fourth-order valence-electron chi connectivity index (χ4n) is 4.46. The average Bonchev–Trinajstić information content (AvgIpc) is 3.29. The van der Waals surface area contributed by atoms with Gasteiger partial charge in [-0.15, -0.1) is 0 Å². The Balaban J connectivity index is 1.21. The summed E-state index contributed by atoms with van der Waals surface area (Å²) in [6, 6.07) is 4.04. The SMILES string of the molecule is CC1(OC(=O)CN2CC3(CCC(C(=O)Nc4cc(F)cc(Cl)c4)CC3)C2)CC1. The van der Waals surface area contributed by atoms with E-state index in [1.807, 2.05) is 6.92 Å². The third-order valence-electron chi connectivity index (χ3n) is 6.33. The molecule has 1 aromatic carbocycles. The van der Waals surface area contributed by atoms with Gasteiger partial charge in [0.2, 0.25) is 5.91 Å². The van der Waals surface area contributed by atoms with E-state index < -0.39 is 5.82 Å². The maximum Gasteiger partial charge on any atom is 0.320 e. The molecule has 28 heavy (non-hydrogen) atoms. The molecule has 2 aliphatic carbocycles. The molecule has 152 valence electrons. The largest absolute Gasteiger partial charge is 0.458 e. The molecule has 0 bridgehead atoms. The van der Waals surface area contributed by atoms with Crippen molar-refractivity contribution in [3.05, 3.63) is 29.0 Å². The quantitative estimate of drug-likeness (QED) is 0.748. The lowest BCUT2D eigenvalue weighted by molar-refractivity contribution is -0.155. The van der Waals surface area contributed by atoms with Gasteiger partial charge in [-0.05, 0) is 69.1 Å². The molecular weight excluding hydrogens is 383 g/mol. The summed E-state index contributed by atoms with van der Waals surface area (Å²) >= 11 is 5.84. The van der Waals surface area contributed by atoms with Gasteiger partial charge in [-0.25, -0.2) is 4.39 Å². The van der Waals surface area contributed by atoms with E-state index in [0.717, 1.165) is 51.6 Å². The molecule has 0 atom stereocenters. The van der Waals surface area contributed by atoms with Gasteiger partial charge >= 0.3 is 5.97 Å². The van der Waals surface area contributed by atoms with Crippen LogP contribution < -0.4 is 5.32 Å². The number of rotatable bonds is 5. The van der Waals surface area contributed by atoms with E-state index >= 15 is 0 Å². The number of halogens is 2. The standard InChI is InChI=1S/C21H26ClFN2O3/c1-20(6-7-20)28-18(26)11-25-12-21(13-25)4-2-14(3-5-21)19(27)24-17-9-15(22)8-16(23)10-17/h8-10,14H,2-7,11-13H2,1H3,(H,24,27). The van der Waals surface area contributed by atoms with Crippen molar-refractivity contribution in [1.82, 2.24) is 4.90 Å². The molecule has 3 fully saturated rings. The van der Waals surface area contributed by atoms with Gasteiger partial charge < -0.3 is 10.1 Å². The molecular formula is C21H26ClFN2O3. The van der Waals surface area contributed by atoms with E-state index in [0.29, 0.717) is 12.2 Å². The topological polar surface area (TPSA) is 58.6 Å². The summed E-state index contributed by atoms with van der Waals surface area (Å²) < 4.78 is 18.9. The summed E-state index contributed by atoms with van der Waals surface area (Å²) in [6.45, 7) is 4.13. The van der Waals surface area contributed by atoms with E-state index in [9.17, 15) is 14.0 Å². The Morgan fingerprint density at radius 3 is 2.50 bits per heavy atom. The molecule has 1 N–H and O–H groups in total. The molecule has 0 radical (unpaired) electrons. The summed E-state index contributed by atoms with van der Waals surface area (Å²) in [5, 5.41) is 3.05. The lowest BCUT2D eigenvalue weighted by atomic mass is 9.65. The fourth-order valence-corrected chi connectivity index (χ4v) is 4.68. The molecule has 1 aliphatic heterocycles. The van der Waals surface area contributed by atoms with Gasteiger partial charge in [0.05, 0.1) is 6.54 Å². The zero-order valence-corrected chi connectivity index (χ0v) is 16.9. The lowest BCUT2D eigenvalue weighted by Crippen LogP contribution is -2.59. The molecule has 3 aliphatic rings. The molecule has 0 aromatic heterocycles. The molecule has 5 nitrogen and oxygen atoms in total. The number of esters is 1. The number of hydrogen-bond acceptors (Lipinski definition) is 4. The second-order valence-corrected chi connectivity index (χ2v) is 9.43. The third-order valence-corrected chi connectivity index (χ3v) is 6.55. The number of carbonyl (C=O) groups excluding carboxylic acids is 2. The van der Waals surface area contributed by atoms with Crippen LogP contribution in [-0.2, 0) is 14.3 Å². The lowest BCUT2D eigenvalue weighted by Gasteiger charge is -2.53. The number of nitrogens with zero attached hydrogens (tertiary/aromatic N) is 1. The Kier molecular flexibility index (Phi) is 5.12. The predicted octanol–water partition coefficient (Wildman–Crippen LogP) is 4.01. The van der Waals surface area contributed by atoms with Crippen molar-refractivity contribution < 1.29 is 18.7 Å². The van der Waals surface area contributed by atoms with E-state index in [2.05, 4.69) is 10.2 Å². The highest BCUT2D eigenvalue weighted by molar-refractivity contribution is 6.30. The van der Waals surface area contributed by atoms with Crippen LogP contribution >= 0.6 is 11.6 Å². The first-order valence-corrected chi connectivity index (χ1v) is 10.3. The minimum absolute atomic E-state index is 0.0681. The van der Waals surface area contributed by atoms with Crippen LogP contribution in [0.25, 0.3) is 0 Å². The maximum atomic E-state index is 13.4. The first-order chi connectivity index (χ1) is 13.2. The highest BCUT2D eigenvalue weighted by Crippen LogP contribution is 2.46. The van der Waals surface area contributed by atoms with Gasteiger partial charge in [0.15, 0.2) is 0 Å². The Morgan fingerprint density at radius 1 is 1.21 bits per heavy atom. The first-order valence-electron chi connectivity index (χ1n) is 9.96. The van der Waals surface area contributed by atoms with Crippen molar-refractivity contribution in [2.45, 2.75) is 51.0 Å². The molecule has 7 heteroatoms. The van der Waals surface area contributed by atoms with Crippen molar-refractivity contribution in [2.24, 2.45) is 11.3 Å². The number of carbonyl (C=O) groups is 2. The molecule has 1 heterocycles. The molecule has 0 unspecified atom stereocenters. The molecule has 4 rings (SSSR count). The van der Waals surface area contributed by atoms with Gasteiger partial charge in [-0.2, -0.15) is 0 Å². The van der Waals surface area contributed by atoms with Crippen LogP contribution in [0, 0.1) is 17.2 Å². The Bertz CT molecular complexity index is 760. The molecule has 1 saturated heterocycles. The van der Waals surface area contributed by atoms with Gasteiger partial charge in [0.25, 0.3) is 0 Å². The Hall–Kier alpha value is -1.66. The van der Waals surface area contributed by atoms with Crippen LogP contribution in [0.5, 0.6) is 0 Å². The van der Waals surface area contributed by atoms with E-state index in [1.165, 1.54) is 12.1 Å². The number of likely N-dealkylation sites (tertiary alicyclic amines) is 1. The number of benzene rings is 1. The summed E-state index contributed by atoms with van der Waals surface area (Å²) in [6.07, 6.45) is 5.49. The minimum Gasteiger partial charge on any atom is -0.458 e. The second kappa shape index (κ2) is 7.30. The van der Waals surface area contributed by atoms with Crippen molar-refractivity contribution in [3.63, 3.8) is 0 Å². The molecule has 1 amide bonds. The van der Waals surface area contributed by atoms with Crippen LogP contribution in [0.4, 0.5) is 10.1 Å². The highest BCUT2D eigenvalue weighted by atomic mass is 35.5. The normalized spacial score (nSPS) is 23.1. The molecule has 2 saturated carbocycles. The van der Waals surface area contributed by atoms with Crippen LogP contribution in [-0.4, -0.2) is 42.0 Å². The van der Waals surface area contributed by atoms with Crippen LogP contribution in [0.3, 0.4) is 0 Å². The van der Waals surface area contributed by atoms with Crippen LogP contribution in [0.2, 0.25) is 5.02 Å². The fraction of sp³-hybridized carbons (Fsp3) is 0.619. The van der Waals surface area contributed by atoms with E-state index in [4.69, 9.17) is 16.3 Å². The number of amides is 1. The smallest absolute Gasteiger partial charge is 0.320 e. The summed E-state index contributed by atoms with van der Waals surface area (Å²) in [4.78, 5) is 26.6. The number of nitrogens with one attached hydrogen (secondary N) is 1. The number of ether oxygens (including phenoxy) is 1. The summed E-state index contributed by atoms with van der Waals surface area (Å²) in [5.74, 6) is -0.735. The minimum atomic E-state index is -0.464. The number of anilines is 1. The average molecular weight is 409 g/mol. The van der Waals surface area contributed by atoms with Crippen molar-refractivity contribution in [2.75, 3.05) is 25.0 Å². The predicted molar refractivity (Wildman–Crippen MR) is 105 cm³/mol. The third kappa shape index (κ3) is 4.49. The van der Waals surface area contributed by atoms with Gasteiger partial charge in [-0.3, -0.25) is 14.5 Å². The van der Waals surface area contributed by atoms with Crippen molar-refractivity contribution in [3.8, 4) is 0 Å². The highest BCUT2D eigenvalue weighted by Gasteiger charge is 2.47. The zero-order chi connectivity index (χ0) is 19.9. The van der Waals surface area contributed by atoms with E-state index in [1.54, 1.807) is 6.07 Å². The van der Waals surface area contributed by atoms with Crippen LogP contribution in [0.15, 0.2) is 18.2 Å². The molecule has 1 spiro atoms. The summed E-state index contributed by atoms with van der Waals surface area (Å²) in [5.41, 5.74) is 0.410. The molecule has 1 aromatic rings. The van der Waals surface area contributed by atoms with Gasteiger partial charge in [-0.1, -0.05) is 11.6 Å². The maximum absolute atomic E-state index is 13.4. The monoisotopic (exact) mass is 408 g/mol. The Labute approximate surface area is 169 Å². The van der Waals surface area contributed by atoms with Gasteiger partial charge in [0.1, 0.15) is 11.4 Å². The van der Waals surface area contributed by atoms with Crippen LogP contribution in [0.1, 0.15) is 45.4 Å². The zero-order valence-electron chi connectivity index (χ0n) is 16.1. The van der Waals surface area contributed by atoms with E-state index in [-0.39, 0.29) is 33.8 Å². The summed E-state index contributed by atoms with van der Waals surface area (Å²) in [7, 11) is 0. The second-order valence-electron chi connectivity index (χ2n) is 8.99. The number of hydrogen-bond donors (Lipinski definition) is 1. The first kappa shape index (κ1) is 19.6.